The van der Waals surface area contributed by atoms with Crippen molar-refractivity contribution in [2.75, 3.05) is 32.6 Å². The standard InChI is InChI=1S/C14H21NO5S/c1-19-13-4-2-12(3-5-13)6-9-21(17,18)15-10-14(16)7-8-20-11-14/h2-5,15-16H,6-11H2,1H3/t14-/m1/s1. The molecule has 7 heteroatoms. The van der Waals surface area contributed by atoms with Crippen LogP contribution < -0.4 is 9.46 Å². The first-order chi connectivity index (χ1) is 9.92. The number of hydrogen-bond acceptors (Lipinski definition) is 5. The van der Waals surface area contributed by atoms with E-state index in [0.29, 0.717) is 19.4 Å². The van der Waals surface area contributed by atoms with Gasteiger partial charge in [0.15, 0.2) is 0 Å². The van der Waals surface area contributed by atoms with Gasteiger partial charge in [-0.25, -0.2) is 13.1 Å². The maximum Gasteiger partial charge on any atom is 0.212 e. The number of sulfonamides is 1. The van der Waals surface area contributed by atoms with E-state index in [2.05, 4.69) is 4.72 Å². The second-order valence-electron chi connectivity index (χ2n) is 5.26. The summed E-state index contributed by atoms with van der Waals surface area (Å²) in [6.07, 6.45) is 0.863. The van der Waals surface area contributed by atoms with Gasteiger partial charge in [0.2, 0.25) is 10.0 Å². The Kier molecular flexibility index (Phi) is 5.21. The number of hydrogen-bond donors (Lipinski definition) is 2. The summed E-state index contributed by atoms with van der Waals surface area (Å²) in [4.78, 5) is 0. The topological polar surface area (TPSA) is 84.9 Å². The number of rotatable bonds is 7. The third-order valence-electron chi connectivity index (χ3n) is 3.52. The maximum absolute atomic E-state index is 11.9. The number of aliphatic hydroxyl groups is 1. The minimum Gasteiger partial charge on any atom is -0.497 e. The Labute approximate surface area is 125 Å². The molecule has 1 fully saturated rings. The molecule has 0 aromatic heterocycles. The van der Waals surface area contributed by atoms with E-state index in [-0.39, 0.29) is 18.9 Å². The Balaban J connectivity index is 1.82. The molecule has 1 atom stereocenters. The highest BCUT2D eigenvalue weighted by molar-refractivity contribution is 7.89. The summed E-state index contributed by atoms with van der Waals surface area (Å²) in [6, 6.07) is 7.28. The van der Waals surface area contributed by atoms with Crippen molar-refractivity contribution in [1.29, 1.82) is 0 Å². The van der Waals surface area contributed by atoms with E-state index in [1.165, 1.54) is 0 Å². The maximum atomic E-state index is 11.9. The Bertz CT molecular complexity index is 549. The molecule has 2 N–H and O–H groups in total. The van der Waals surface area contributed by atoms with Crippen LogP contribution in [0.2, 0.25) is 0 Å². The summed E-state index contributed by atoms with van der Waals surface area (Å²) in [7, 11) is -1.83. The number of aryl methyl sites for hydroxylation is 1. The highest BCUT2D eigenvalue weighted by Crippen LogP contribution is 2.17. The molecule has 0 unspecified atom stereocenters. The lowest BCUT2D eigenvalue weighted by molar-refractivity contribution is 0.0314. The smallest absolute Gasteiger partial charge is 0.212 e. The van der Waals surface area contributed by atoms with Crippen LogP contribution in [0.5, 0.6) is 5.75 Å². The molecule has 0 bridgehead atoms. The van der Waals surface area contributed by atoms with Crippen LogP contribution in [-0.2, 0) is 21.2 Å². The van der Waals surface area contributed by atoms with Gasteiger partial charge in [-0.1, -0.05) is 12.1 Å². The fourth-order valence-electron chi connectivity index (χ4n) is 2.10. The molecule has 6 nitrogen and oxygen atoms in total. The average molecular weight is 315 g/mol. The number of nitrogens with one attached hydrogen (secondary N) is 1. The molecule has 0 amide bonds. The normalized spacial score (nSPS) is 22.4. The van der Waals surface area contributed by atoms with Gasteiger partial charge in [0.1, 0.15) is 11.4 Å². The predicted molar refractivity (Wildman–Crippen MR) is 78.9 cm³/mol. The lowest BCUT2D eigenvalue weighted by Crippen LogP contribution is -2.44. The molecule has 1 saturated heterocycles. The number of methoxy groups -OCH3 is 1. The van der Waals surface area contributed by atoms with Crippen molar-refractivity contribution in [2.24, 2.45) is 0 Å². The van der Waals surface area contributed by atoms with E-state index < -0.39 is 15.6 Å². The molecule has 0 aliphatic carbocycles. The van der Waals surface area contributed by atoms with Crippen LogP contribution in [0.15, 0.2) is 24.3 Å². The molecule has 0 saturated carbocycles. The minimum atomic E-state index is -3.42. The molecule has 0 radical (unpaired) electrons. The van der Waals surface area contributed by atoms with Crippen LogP contribution in [-0.4, -0.2) is 51.7 Å². The van der Waals surface area contributed by atoms with Gasteiger partial charge in [-0.05, 0) is 24.1 Å². The fourth-order valence-corrected chi connectivity index (χ4v) is 3.23. The predicted octanol–water partition coefficient (Wildman–Crippen LogP) is 0.308. The summed E-state index contributed by atoms with van der Waals surface area (Å²) in [6.45, 7) is 0.635. The van der Waals surface area contributed by atoms with Crippen molar-refractivity contribution in [1.82, 2.24) is 4.72 Å². The van der Waals surface area contributed by atoms with E-state index >= 15 is 0 Å². The van der Waals surface area contributed by atoms with Gasteiger partial charge in [-0.3, -0.25) is 0 Å². The summed E-state index contributed by atoms with van der Waals surface area (Å²) in [5.41, 5.74) is -0.156. The lowest BCUT2D eigenvalue weighted by Gasteiger charge is -2.20. The van der Waals surface area contributed by atoms with Gasteiger partial charge in [0.05, 0.1) is 19.5 Å². The zero-order chi connectivity index (χ0) is 15.3. The highest BCUT2D eigenvalue weighted by Gasteiger charge is 2.33. The highest BCUT2D eigenvalue weighted by atomic mass is 32.2. The monoisotopic (exact) mass is 315 g/mol. The van der Waals surface area contributed by atoms with Crippen molar-refractivity contribution in [2.45, 2.75) is 18.4 Å². The van der Waals surface area contributed by atoms with E-state index in [4.69, 9.17) is 9.47 Å². The fraction of sp³-hybridized carbons (Fsp3) is 0.571. The van der Waals surface area contributed by atoms with Gasteiger partial charge in [0, 0.05) is 19.6 Å². The molecule has 21 heavy (non-hydrogen) atoms. The Morgan fingerprint density at radius 3 is 2.67 bits per heavy atom. The summed E-state index contributed by atoms with van der Waals surface area (Å²) < 4.78 is 36.5. The average Bonchev–Trinajstić information content (AvgIpc) is 2.91. The molecule has 1 aliphatic rings. The summed E-state index contributed by atoms with van der Waals surface area (Å²) in [5.74, 6) is 0.721. The first-order valence-corrected chi connectivity index (χ1v) is 8.48. The van der Waals surface area contributed by atoms with Gasteiger partial charge >= 0.3 is 0 Å². The van der Waals surface area contributed by atoms with Gasteiger partial charge in [-0.2, -0.15) is 0 Å². The van der Waals surface area contributed by atoms with Gasteiger partial charge in [-0.15, -0.1) is 0 Å². The van der Waals surface area contributed by atoms with Crippen molar-refractivity contribution in [3.8, 4) is 5.75 Å². The van der Waals surface area contributed by atoms with E-state index in [9.17, 15) is 13.5 Å². The molecule has 1 heterocycles. The second kappa shape index (κ2) is 6.74. The van der Waals surface area contributed by atoms with Crippen molar-refractivity contribution in [3.05, 3.63) is 29.8 Å². The van der Waals surface area contributed by atoms with Crippen LogP contribution >= 0.6 is 0 Å². The third kappa shape index (κ3) is 4.96. The van der Waals surface area contributed by atoms with Crippen LogP contribution in [0.25, 0.3) is 0 Å². The largest absolute Gasteiger partial charge is 0.497 e. The Morgan fingerprint density at radius 1 is 1.38 bits per heavy atom. The summed E-state index contributed by atoms with van der Waals surface area (Å²) in [5, 5.41) is 10.0. The zero-order valence-electron chi connectivity index (χ0n) is 12.0. The van der Waals surface area contributed by atoms with Gasteiger partial charge < -0.3 is 14.6 Å². The van der Waals surface area contributed by atoms with E-state index in [0.717, 1.165) is 11.3 Å². The summed E-state index contributed by atoms with van der Waals surface area (Å²) >= 11 is 0. The van der Waals surface area contributed by atoms with Crippen LogP contribution in [0, 0.1) is 0 Å². The zero-order valence-corrected chi connectivity index (χ0v) is 12.9. The molecule has 0 spiro atoms. The van der Waals surface area contributed by atoms with Crippen molar-refractivity contribution >= 4 is 10.0 Å². The lowest BCUT2D eigenvalue weighted by atomic mass is 10.1. The minimum absolute atomic E-state index is 0.00204. The first kappa shape index (κ1) is 16.2. The Hall–Kier alpha value is -1.15. The van der Waals surface area contributed by atoms with E-state index in [1.54, 1.807) is 19.2 Å². The molecule has 1 aliphatic heterocycles. The molecular formula is C14H21NO5S. The molecule has 118 valence electrons. The van der Waals surface area contributed by atoms with Crippen molar-refractivity contribution < 1.29 is 23.0 Å². The van der Waals surface area contributed by atoms with Crippen LogP contribution in [0.3, 0.4) is 0 Å². The molecule has 1 aromatic rings. The SMILES string of the molecule is COc1ccc(CCS(=O)(=O)NC[C@]2(O)CCOC2)cc1. The molecular weight excluding hydrogens is 294 g/mol. The van der Waals surface area contributed by atoms with Gasteiger partial charge in [0.25, 0.3) is 0 Å². The third-order valence-corrected chi connectivity index (χ3v) is 4.85. The first-order valence-electron chi connectivity index (χ1n) is 6.83. The molecule has 1 aromatic carbocycles. The van der Waals surface area contributed by atoms with Crippen LogP contribution in [0.1, 0.15) is 12.0 Å². The molecule has 2 rings (SSSR count). The van der Waals surface area contributed by atoms with Crippen molar-refractivity contribution in [3.63, 3.8) is 0 Å². The van der Waals surface area contributed by atoms with Crippen LogP contribution in [0.4, 0.5) is 0 Å². The number of ether oxygens (including phenoxy) is 2. The Morgan fingerprint density at radius 2 is 2.10 bits per heavy atom. The quantitative estimate of drug-likeness (QED) is 0.756. The number of benzene rings is 1. The second-order valence-corrected chi connectivity index (χ2v) is 7.19. The van der Waals surface area contributed by atoms with E-state index in [1.807, 2.05) is 12.1 Å².